The van der Waals surface area contributed by atoms with Gasteiger partial charge in [-0.25, -0.2) is 0 Å². The third-order valence-electron chi connectivity index (χ3n) is 3.69. The fourth-order valence-electron chi connectivity index (χ4n) is 2.72. The van der Waals surface area contributed by atoms with Gasteiger partial charge in [-0.2, -0.15) is 0 Å². The van der Waals surface area contributed by atoms with Crippen molar-refractivity contribution in [3.8, 4) is 0 Å². The molecule has 1 aliphatic carbocycles. The Morgan fingerprint density at radius 3 is 2.65 bits per heavy atom. The van der Waals surface area contributed by atoms with Crippen molar-refractivity contribution < 1.29 is 14.7 Å². The van der Waals surface area contributed by atoms with Crippen molar-refractivity contribution in [2.75, 3.05) is 0 Å². The lowest BCUT2D eigenvalue weighted by molar-refractivity contribution is -0.139. The van der Waals surface area contributed by atoms with Crippen LogP contribution >= 0.6 is 11.6 Å². The summed E-state index contributed by atoms with van der Waals surface area (Å²) < 4.78 is 0. The predicted octanol–water partition coefficient (Wildman–Crippen LogP) is 2.64. The summed E-state index contributed by atoms with van der Waals surface area (Å²) >= 11 is 5.97. The topological polar surface area (TPSA) is 79.3 Å². The fraction of sp³-hybridized carbons (Fsp3) is 0.500. The largest absolute Gasteiger partial charge is 0.481 e. The molecule has 1 aromatic heterocycles. The summed E-state index contributed by atoms with van der Waals surface area (Å²) in [5.74, 6) is -1.25. The molecule has 0 radical (unpaired) electrons. The van der Waals surface area contributed by atoms with Crippen LogP contribution in [0.25, 0.3) is 0 Å². The lowest BCUT2D eigenvalue weighted by Crippen LogP contribution is -2.51. The molecule has 6 heteroatoms. The van der Waals surface area contributed by atoms with E-state index in [1.165, 1.54) is 12.4 Å². The molecule has 0 aliphatic heterocycles. The van der Waals surface area contributed by atoms with E-state index < -0.39 is 11.5 Å². The maximum atomic E-state index is 12.3. The van der Waals surface area contributed by atoms with Gasteiger partial charge < -0.3 is 10.4 Å². The first-order valence-electron chi connectivity index (χ1n) is 6.66. The summed E-state index contributed by atoms with van der Waals surface area (Å²) in [7, 11) is 0. The molecule has 108 valence electrons. The van der Waals surface area contributed by atoms with E-state index in [2.05, 4.69) is 10.3 Å². The molecular formula is C14H17ClN2O3. The zero-order valence-corrected chi connectivity index (χ0v) is 11.8. The van der Waals surface area contributed by atoms with Gasteiger partial charge >= 0.3 is 5.97 Å². The number of pyridine rings is 1. The number of aromatic nitrogens is 1. The van der Waals surface area contributed by atoms with Gasteiger partial charge in [0.1, 0.15) is 0 Å². The second-order valence-electron chi connectivity index (χ2n) is 5.22. The smallest absolute Gasteiger partial charge is 0.305 e. The Bertz CT molecular complexity index is 513. The van der Waals surface area contributed by atoms with E-state index >= 15 is 0 Å². The highest BCUT2D eigenvalue weighted by molar-refractivity contribution is 6.33. The molecule has 1 amide bonds. The maximum Gasteiger partial charge on any atom is 0.305 e. The summed E-state index contributed by atoms with van der Waals surface area (Å²) in [5, 5.41) is 12.3. The van der Waals surface area contributed by atoms with E-state index in [0.717, 1.165) is 19.3 Å². The van der Waals surface area contributed by atoms with Crippen LogP contribution in [0, 0.1) is 0 Å². The van der Waals surface area contributed by atoms with Crippen LogP contribution < -0.4 is 5.32 Å². The molecule has 20 heavy (non-hydrogen) atoms. The van der Waals surface area contributed by atoms with Crippen molar-refractivity contribution in [2.45, 2.75) is 44.1 Å². The first kappa shape index (κ1) is 14.8. The van der Waals surface area contributed by atoms with Crippen LogP contribution in [0.2, 0.25) is 5.02 Å². The molecule has 1 aliphatic rings. The van der Waals surface area contributed by atoms with Gasteiger partial charge in [-0.3, -0.25) is 14.6 Å². The molecular weight excluding hydrogens is 280 g/mol. The van der Waals surface area contributed by atoms with Gasteiger partial charge in [0.25, 0.3) is 5.91 Å². The summed E-state index contributed by atoms with van der Waals surface area (Å²) in [6.45, 7) is 0. The van der Waals surface area contributed by atoms with E-state index in [4.69, 9.17) is 16.7 Å². The minimum Gasteiger partial charge on any atom is -0.481 e. The summed E-state index contributed by atoms with van der Waals surface area (Å²) in [6, 6.07) is 1.54. The van der Waals surface area contributed by atoms with Crippen LogP contribution in [0.3, 0.4) is 0 Å². The molecule has 1 heterocycles. The molecule has 0 aromatic carbocycles. The van der Waals surface area contributed by atoms with Crippen molar-refractivity contribution in [2.24, 2.45) is 0 Å². The van der Waals surface area contributed by atoms with Crippen LogP contribution in [0.5, 0.6) is 0 Å². The lowest BCUT2D eigenvalue weighted by Gasteiger charge is -2.37. The van der Waals surface area contributed by atoms with Crippen LogP contribution in [0.4, 0.5) is 0 Å². The number of hydrogen-bond acceptors (Lipinski definition) is 3. The molecule has 2 N–H and O–H groups in total. The number of rotatable bonds is 4. The van der Waals surface area contributed by atoms with E-state index in [1.807, 2.05) is 0 Å². The molecule has 2 rings (SSSR count). The molecule has 0 saturated heterocycles. The Balaban J connectivity index is 2.17. The number of carboxylic acids is 1. The molecule has 0 atom stereocenters. The number of carbonyl (C=O) groups is 2. The third kappa shape index (κ3) is 3.48. The number of carboxylic acid groups (broad SMARTS) is 1. The van der Waals surface area contributed by atoms with Gasteiger partial charge in [0.15, 0.2) is 0 Å². The van der Waals surface area contributed by atoms with Crippen molar-refractivity contribution >= 4 is 23.5 Å². The molecule has 1 fully saturated rings. The van der Waals surface area contributed by atoms with E-state index in [1.54, 1.807) is 6.07 Å². The number of carbonyl (C=O) groups excluding carboxylic acids is 1. The normalized spacial score (nSPS) is 17.4. The quantitative estimate of drug-likeness (QED) is 0.895. The summed E-state index contributed by atoms with van der Waals surface area (Å²) in [6.07, 6.45) is 7.14. The van der Waals surface area contributed by atoms with Gasteiger partial charge in [-0.05, 0) is 18.9 Å². The van der Waals surface area contributed by atoms with Gasteiger partial charge in [0, 0.05) is 12.4 Å². The summed E-state index contributed by atoms with van der Waals surface area (Å²) in [5.41, 5.74) is -0.384. The fourth-order valence-corrected chi connectivity index (χ4v) is 2.91. The molecule has 0 unspecified atom stereocenters. The van der Waals surface area contributed by atoms with Gasteiger partial charge in [-0.15, -0.1) is 0 Å². The van der Waals surface area contributed by atoms with E-state index in [-0.39, 0.29) is 17.9 Å². The zero-order chi connectivity index (χ0) is 14.6. The van der Waals surface area contributed by atoms with Gasteiger partial charge in [0.2, 0.25) is 0 Å². The molecule has 1 saturated carbocycles. The number of amides is 1. The average molecular weight is 297 g/mol. The molecule has 1 aromatic rings. The Morgan fingerprint density at radius 1 is 1.35 bits per heavy atom. The molecule has 0 spiro atoms. The molecule has 5 nitrogen and oxygen atoms in total. The van der Waals surface area contributed by atoms with Crippen molar-refractivity contribution in [3.05, 3.63) is 29.0 Å². The SMILES string of the molecule is O=C(O)CC1(NC(=O)c2cnccc2Cl)CCCCC1. The minimum absolute atomic E-state index is 0.0589. The van der Waals surface area contributed by atoms with E-state index in [9.17, 15) is 9.59 Å². The monoisotopic (exact) mass is 296 g/mol. The van der Waals surface area contributed by atoms with Crippen molar-refractivity contribution in [1.29, 1.82) is 0 Å². The number of nitrogens with zero attached hydrogens (tertiary/aromatic N) is 1. The second-order valence-corrected chi connectivity index (χ2v) is 5.63. The van der Waals surface area contributed by atoms with Gasteiger partial charge in [-0.1, -0.05) is 30.9 Å². The van der Waals surface area contributed by atoms with E-state index in [0.29, 0.717) is 17.9 Å². The predicted molar refractivity (Wildman–Crippen MR) is 74.8 cm³/mol. The first-order valence-corrected chi connectivity index (χ1v) is 7.04. The standard InChI is InChI=1S/C14H17ClN2O3/c15-11-4-7-16-9-10(11)13(20)17-14(8-12(18)19)5-2-1-3-6-14/h4,7,9H,1-3,5-6,8H2,(H,17,20)(H,18,19). The molecule has 0 bridgehead atoms. The Hall–Kier alpha value is -1.62. The highest BCUT2D eigenvalue weighted by Crippen LogP contribution is 2.31. The maximum absolute atomic E-state index is 12.3. The third-order valence-corrected chi connectivity index (χ3v) is 4.02. The highest BCUT2D eigenvalue weighted by atomic mass is 35.5. The first-order chi connectivity index (χ1) is 9.52. The number of aliphatic carboxylic acids is 1. The number of halogens is 1. The van der Waals surface area contributed by atoms with Crippen LogP contribution in [0.15, 0.2) is 18.5 Å². The number of hydrogen-bond donors (Lipinski definition) is 2. The van der Waals surface area contributed by atoms with Crippen LogP contribution in [-0.2, 0) is 4.79 Å². The average Bonchev–Trinajstić information content (AvgIpc) is 2.39. The highest BCUT2D eigenvalue weighted by Gasteiger charge is 2.36. The van der Waals surface area contributed by atoms with Crippen molar-refractivity contribution in [1.82, 2.24) is 10.3 Å². The Kier molecular flexibility index (Phi) is 4.60. The van der Waals surface area contributed by atoms with Crippen LogP contribution in [0.1, 0.15) is 48.9 Å². The van der Waals surface area contributed by atoms with Crippen molar-refractivity contribution in [3.63, 3.8) is 0 Å². The minimum atomic E-state index is -0.899. The number of nitrogens with one attached hydrogen (secondary N) is 1. The summed E-state index contributed by atoms with van der Waals surface area (Å²) in [4.78, 5) is 27.2. The zero-order valence-electron chi connectivity index (χ0n) is 11.1. The lowest BCUT2D eigenvalue weighted by atomic mass is 9.79. The van der Waals surface area contributed by atoms with Crippen LogP contribution in [-0.4, -0.2) is 27.5 Å². The van der Waals surface area contributed by atoms with Gasteiger partial charge in [0.05, 0.1) is 22.5 Å². The second kappa shape index (κ2) is 6.22. The Morgan fingerprint density at radius 2 is 2.05 bits per heavy atom. The Labute approximate surface area is 122 Å².